The monoisotopic (exact) mass is 266 g/mol. The van der Waals surface area contributed by atoms with Crippen LogP contribution in [0.25, 0.3) is 0 Å². The van der Waals surface area contributed by atoms with Crippen LogP contribution in [0, 0.1) is 0 Å². The second-order valence-electron chi connectivity index (χ2n) is 2.80. The Balaban J connectivity index is 2.09. The zero-order valence-electron chi connectivity index (χ0n) is 7.57. The Labute approximate surface area is 94.0 Å². The van der Waals surface area contributed by atoms with Crippen LogP contribution in [0.3, 0.4) is 0 Å². The highest BCUT2D eigenvalue weighted by Crippen LogP contribution is 2.14. The second-order valence-corrected chi connectivity index (χ2v) is 3.71. The normalized spacial score (nSPS) is 9.93. The van der Waals surface area contributed by atoms with Gasteiger partial charge in [0.1, 0.15) is 6.33 Å². The van der Waals surface area contributed by atoms with Gasteiger partial charge in [-0.25, -0.2) is 4.98 Å². The van der Waals surface area contributed by atoms with Crippen LogP contribution in [0.15, 0.2) is 35.1 Å². The maximum absolute atomic E-state index is 11.5. The van der Waals surface area contributed by atoms with E-state index in [1.165, 1.54) is 6.33 Å². The first-order chi connectivity index (χ1) is 7.25. The minimum absolute atomic E-state index is 0.193. The fourth-order valence-electron chi connectivity index (χ4n) is 1.04. The lowest BCUT2D eigenvalue weighted by Crippen LogP contribution is -2.13. The molecule has 76 valence electrons. The van der Waals surface area contributed by atoms with Crippen LogP contribution in [-0.4, -0.2) is 21.1 Å². The molecule has 0 bridgehead atoms. The maximum atomic E-state index is 11.5. The summed E-state index contributed by atoms with van der Waals surface area (Å²) >= 11 is 3.31. The molecule has 0 saturated heterocycles. The SMILES string of the molecule is O=C(Nc1ccc(Br)cc1)c1ncn[nH]1. The van der Waals surface area contributed by atoms with Crippen LogP contribution in [0.4, 0.5) is 5.69 Å². The first kappa shape index (κ1) is 9.85. The topological polar surface area (TPSA) is 70.7 Å². The van der Waals surface area contributed by atoms with E-state index in [0.29, 0.717) is 5.69 Å². The summed E-state index contributed by atoms with van der Waals surface area (Å²) < 4.78 is 0.958. The van der Waals surface area contributed by atoms with Gasteiger partial charge >= 0.3 is 0 Å². The summed E-state index contributed by atoms with van der Waals surface area (Å²) in [5.41, 5.74) is 0.708. The molecule has 1 aromatic carbocycles. The number of carbonyl (C=O) groups excluding carboxylic acids is 1. The molecule has 0 atom stereocenters. The second kappa shape index (κ2) is 4.22. The zero-order chi connectivity index (χ0) is 10.7. The molecule has 0 saturated carbocycles. The van der Waals surface area contributed by atoms with E-state index in [4.69, 9.17) is 0 Å². The lowest BCUT2D eigenvalue weighted by Gasteiger charge is -2.01. The van der Waals surface area contributed by atoms with Crippen molar-refractivity contribution < 1.29 is 4.79 Å². The number of aromatic amines is 1. The minimum atomic E-state index is -0.310. The van der Waals surface area contributed by atoms with Crippen molar-refractivity contribution in [2.24, 2.45) is 0 Å². The van der Waals surface area contributed by atoms with E-state index in [1.807, 2.05) is 12.1 Å². The number of hydrogen-bond acceptors (Lipinski definition) is 3. The Bertz CT molecular complexity index is 451. The smallest absolute Gasteiger partial charge is 0.292 e. The molecule has 5 nitrogen and oxygen atoms in total. The number of benzene rings is 1. The molecule has 0 spiro atoms. The number of nitrogens with zero attached hydrogens (tertiary/aromatic N) is 2. The van der Waals surface area contributed by atoms with Gasteiger partial charge in [-0.3, -0.25) is 9.89 Å². The summed E-state index contributed by atoms with van der Waals surface area (Å²) in [7, 11) is 0. The maximum Gasteiger partial charge on any atom is 0.292 e. The third-order valence-electron chi connectivity index (χ3n) is 1.73. The summed E-state index contributed by atoms with van der Waals surface area (Å²) in [6.45, 7) is 0. The van der Waals surface area contributed by atoms with Crippen molar-refractivity contribution in [1.82, 2.24) is 15.2 Å². The van der Waals surface area contributed by atoms with Crippen molar-refractivity contribution in [1.29, 1.82) is 0 Å². The number of aromatic nitrogens is 3. The molecule has 6 heteroatoms. The average Bonchev–Trinajstić information content (AvgIpc) is 2.74. The highest BCUT2D eigenvalue weighted by atomic mass is 79.9. The Hall–Kier alpha value is -1.69. The van der Waals surface area contributed by atoms with Gasteiger partial charge in [0.2, 0.25) is 5.82 Å². The van der Waals surface area contributed by atoms with Crippen LogP contribution in [0.1, 0.15) is 10.6 Å². The fraction of sp³-hybridized carbons (Fsp3) is 0. The zero-order valence-corrected chi connectivity index (χ0v) is 9.15. The van der Waals surface area contributed by atoms with E-state index >= 15 is 0 Å². The summed E-state index contributed by atoms with van der Waals surface area (Å²) in [5, 5.41) is 8.76. The Morgan fingerprint density at radius 1 is 1.33 bits per heavy atom. The summed E-state index contributed by atoms with van der Waals surface area (Å²) in [4.78, 5) is 15.2. The molecule has 15 heavy (non-hydrogen) atoms. The van der Waals surface area contributed by atoms with Crippen molar-refractivity contribution in [2.75, 3.05) is 5.32 Å². The number of carbonyl (C=O) groups is 1. The van der Waals surface area contributed by atoms with Crippen LogP contribution >= 0.6 is 15.9 Å². The third-order valence-corrected chi connectivity index (χ3v) is 2.26. The van der Waals surface area contributed by atoms with Gasteiger partial charge in [-0.1, -0.05) is 15.9 Å². The predicted octanol–water partition coefficient (Wildman–Crippen LogP) is 1.82. The first-order valence-corrected chi connectivity index (χ1v) is 4.97. The van der Waals surface area contributed by atoms with E-state index in [1.54, 1.807) is 12.1 Å². The molecule has 1 heterocycles. The summed E-state index contributed by atoms with van der Waals surface area (Å²) in [6, 6.07) is 7.27. The summed E-state index contributed by atoms with van der Waals surface area (Å²) in [5.74, 6) is -0.118. The Kier molecular flexibility index (Phi) is 2.77. The summed E-state index contributed by atoms with van der Waals surface area (Å²) in [6.07, 6.45) is 1.29. The lowest BCUT2D eigenvalue weighted by molar-refractivity contribution is 0.101. The molecule has 0 aliphatic heterocycles. The van der Waals surface area contributed by atoms with Gasteiger partial charge in [0.25, 0.3) is 5.91 Å². The van der Waals surface area contributed by atoms with E-state index in [0.717, 1.165) is 4.47 Å². The van der Waals surface area contributed by atoms with Crippen molar-refractivity contribution in [3.8, 4) is 0 Å². The van der Waals surface area contributed by atoms with Gasteiger partial charge < -0.3 is 5.32 Å². The van der Waals surface area contributed by atoms with Crippen LogP contribution in [-0.2, 0) is 0 Å². The molecule has 0 fully saturated rings. The van der Waals surface area contributed by atoms with Crippen LogP contribution in [0.5, 0.6) is 0 Å². The number of hydrogen-bond donors (Lipinski definition) is 2. The molecular formula is C9H7BrN4O. The Morgan fingerprint density at radius 2 is 2.07 bits per heavy atom. The quantitative estimate of drug-likeness (QED) is 0.871. The number of anilines is 1. The Morgan fingerprint density at radius 3 is 2.67 bits per heavy atom. The molecule has 1 amide bonds. The molecule has 0 aliphatic rings. The fourth-order valence-corrected chi connectivity index (χ4v) is 1.30. The number of halogens is 1. The lowest BCUT2D eigenvalue weighted by atomic mass is 10.3. The standard InChI is InChI=1S/C9H7BrN4O/c10-6-1-3-7(4-2-6)13-9(15)8-11-5-12-14-8/h1-5H,(H,13,15)(H,11,12,14). The van der Waals surface area contributed by atoms with Gasteiger partial charge in [-0.05, 0) is 24.3 Å². The number of H-pyrrole nitrogens is 1. The van der Waals surface area contributed by atoms with E-state index in [2.05, 4.69) is 36.4 Å². The first-order valence-electron chi connectivity index (χ1n) is 4.18. The van der Waals surface area contributed by atoms with Crippen molar-refractivity contribution >= 4 is 27.5 Å². The molecule has 0 unspecified atom stereocenters. The van der Waals surface area contributed by atoms with Crippen LogP contribution < -0.4 is 5.32 Å². The van der Waals surface area contributed by atoms with Gasteiger partial charge in [-0.2, -0.15) is 5.10 Å². The molecule has 2 aromatic rings. The van der Waals surface area contributed by atoms with Crippen LogP contribution in [0.2, 0.25) is 0 Å². The highest BCUT2D eigenvalue weighted by Gasteiger charge is 2.07. The predicted molar refractivity (Wildman–Crippen MR) is 58.5 cm³/mol. The molecule has 2 rings (SSSR count). The molecule has 1 aromatic heterocycles. The van der Waals surface area contributed by atoms with Crippen molar-refractivity contribution in [3.05, 3.63) is 40.9 Å². The number of nitrogens with one attached hydrogen (secondary N) is 2. The molecule has 0 aliphatic carbocycles. The minimum Gasteiger partial charge on any atom is -0.319 e. The van der Waals surface area contributed by atoms with Gasteiger partial charge in [-0.15, -0.1) is 0 Å². The van der Waals surface area contributed by atoms with Crippen molar-refractivity contribution in [3.63, 3.8) is 0 Å². The molecule has 2 N–H and O–H groups in total. The molecule has 0 radical (unpaired) electrons. The largest absolute Gasteiger partial charge is 0.319 e. The van der Waals surface area contributed by atoms with E-state index in [-0.39, 0.29) is 11.7 Å². The van der Waals surface area contributed by atoms with Gasteiger partial charge in [0.15, 0.2) is 0 Å². The van der Waals surface area contributed by atoms with Crippen molar-refractivity contribution in [2.45, 2.75) is 0 Å². The third kappa shape index (κ3) is 2.41. The highest BCUT2D eigenvalue weighted by molar-refractivity contribution is 9.10. The average molecular weight is 267 g/mol. The van der Waals surface area contributed by atoms with Gasteiger partial charge in [0.05, 0.1) is 0 Å². The number of amides is 1. The van der Waals surface area contributed by atoms with E-state index in [9.17, 15) is 4.79 Å². The van der Waals surface area contributed by atoms with Gasteiger partial charge in [0, 0.05) is 10.2 Å². The molecular weight excluding hydrogens is 260 g/mol. The van der Waals surface area contributed by atoms with E-state index < -0.39 is 0 Å². The number of rotatable bonds is 2.